The van der Waals surface area contributed by atoms with E-state index in [4.69, 9.17) is 28.4 Å². The average molecular weight is 417 g/mol. The molecular formula is C21H23NO8. The van der Waals surface area contributed by atoms with E-state index < -0.39 is 18.0 Å². The molecule has 3 rings (SSSR count). The van der Waals surface area contributed by atoms with Crippen LogP contribution in [0.1, 0.15) is 17.3 Å². The Morgan fingerprint density at radius 2 is 1.63 bits per heavy atom. The third-order valence-electron chi connectivity index (χ3n) is 4.39. The Bertz CT molecular complexity index is 943. The number of carbonyl (C=O) groups excluding carboxylic acids is 2. The third kappa shape index (κ3) is 4.35. The molecule has 0 bridgehead atoms. The van der Waals surface area contributed by atoms with Crippen molar-refractivity contribution < 1.29 is 38.0 Å². The summed E-state index contributed by atoms with van der Waals surface area (Å²) in [5, 5.41) is 2.69. The van der Waals surface area contributed by atoms with Crippen molar-refractivity contribution in [3.05, 3.63) is 35.9 Å². The van der Waals surface area contributed by atoms with Gasteiger partial charge in [-0.2, -0.15) is 0 Å². The number of rotatable bonds is 7. The average Bonchev–Trinajstić information content (AvgIpc) is 2.77. The Morgan fingerprint density at radius 1 is 0.933 bits per heavy atom. The van der Waals surface area contributed by atoms with Gasteiger partial charge in [0.1, 0.15) is 18.8 Å². The van der Waals surface area contributed by atoms with E-state index >= 15 is 0 Å². The highest BCUT2D eigenvalue weighted by Crippen LogP contribution is 2.40. The molecule has 0 saturated heterocycles. The van der Waals surface area contributed by atoms with Gasteiger partial charge in [-0.1, -0.05) is 0 Å². The molecule has 2 aromatic carbocycles. The maximum atomic E-state index is 12.6. The molecule has 1 N–H and O–H groups in total. The molecule has 9 nitrogen and oxygen atoms in total. The summed E-state index contributed by atoms with van der Waals surface area (Å²) < 4.78 is 32.0. The second-order valence-corrected chi connectivity index (χ2v) is 6.28. The van der Waals surface area contributed by atoms with E-state index in [1.54, 1.807) is 24.3 Å². The lowest BCUT2D eigenvalue weighted by atomic mass is 10.1. The van der Waals surface area contributed by atoms with E-state index in [-0.39, 0.29) is 17.1 Å². The van der Waals surface area contributed by atoms with Crippen LogP contribution in [0.5, 0.6) is 28.7 Å². The maximum absolute atomic E-state index is 12.6. The number of hydrogen-bond acceptors (Lipinski definition) is 8. The van der Waals surface area contributed by atoms with Gasteiger partial charge in [-0.05, 0) is 31.2 Å². The van der Waals surface area contributed by atoms with Gasteiger partial charge in [-0.25, -0.2) is 4.79 Å². The second kappa shape index (κ2) is 9.25. The first kappa shape index (κ1) is 21.1. The molecule has 0 fully saturated rings. The number of benzene rings is 2. The van der Waals surface area contributed by atoms with Crippen LogP contribution in [-0.4, -0.2) is 52.5 Å². The summed E-state index contributed by atoms with van der Waals surface area (Å²) in [5.74, 6) is 0.717. The zero-order valence-corrected chi connectivity index (χ0v) is 17.1. The van der Waals surface area contributed by atoms with E-state index in [1.807, 2.05) is 0 Å². The standard InChI is InChI=1S/C21H23NO8/c1-12(20(23)22-13-5-7-15-17(11-13)29-10-9-28-15)30-21(24)14-6-8-16(25-2)19(27-4)18(14)26-3/h5-8,11-12H,9-10H2,1-4H3,(H,22,23)/t12-/m1/s1. The molecule has 1 amide bonds. The van der Waals surface area contributed by atoms with Crippen molar-refractivity contribution in [3.8, 4) is 28.7 Å². The number of ether oxygens (including phenoxy) is 6. The first-order valence-corrected chi connectivity index (χ1v) is 9.19. The van der Waals surface area contributed by atoms with Gasteiger partial charge in [0.05, 0.1) is 21.3 Å². The summed E-state index contributed by atoms with van der Waals surface area (Å²) in [6.45, 7) is 2.38. The summed E-state index contributed by atoms with van der Waals surface area (Å²) in [4.78, 5) is 25.1. The Hall–Kier alpha value is -3.62. The maximum Gasteiger partial charge on any atom is 0.342 e. The van der Waals surface area contributed by atoms with Gasteiger partial charge in [0.25, 0.3) is 5.91 Å². The third-order valence-corrected chi connectivity index (χ3v) is 4.39. The number of carbonyl (C=O) groups is 2. The number of esters is 1. The zero-order chi connectivity index (χ0) is 21.7. The zero-order valence-electron chi connectivity index (χ0n) is 17.1. The summed E-state index contributed by atoms with van der Waals surface area (Å²) in [7, 11) is 4.30. The van der Waals surface area contributed by atoms with Crippen molar-refractivity contribution in [2.45, 2.75) is 13.0 Å². The normalized spacial score (nSPS) is 13.1. The number of methoxy groups -OCH3 is 3. The Morgan fingerprint density at radius 3 is 2.30 bits per heavy atom. The molecule has 1 heterocycles. The smallest absolute Gasteiger partial charge is 0.342 e. The highest BCUT2D eigenvalue weighted by molar-refractivity contribution is 5.99. The van der Waals surface area contributed by atoms with Crippen molar-refractivity contribution in [1.29, 1.82) is 0 Å². The van der Waals surface area contributed by atoms with Crippen LogP contribution >= 0.6 is 0 Å². The first-order chi connectivity index (χ1) is 14.5. The molecule has 160 valence electrons. The van der Waals surface area contributed by atoms with Gasteiger partial charge >= 0.3 is 5.97 Å². The second-order valence-electron chi connectivity index (χ2n) is 6.28. The summed E-state index contributed by atoms with van der Waals surface area (Å²) in [6.07, 6.45) is -1.07. The molecule has 30 heavy (non-hydrogen) atoms. The lowest BCUT2D eigenvalue weighted by Gasteiger charge is -2.20. The minimum absolute atomic E-state index is 0.106. The molecule has 0 spiro atoms. The van der Waals surface area contributed by atoms with E-state index in [0.717, 1.165) is 0 Å². The SMILES string of the molecule is COc1ccc(C(=O)O[C@H](C)C(=O)Nc2ccc3c(c2)OCCO3)c(OC)c1OC. The monoisotopic (exact) mass is 417 g/mol. The molecule has 1 atom stereocenters. The van der Waals surface area contributed by atoms with Gasteiger partial charge in [0.15, 0.2) is 29.1 Å². The number of amides is 1. The number of nitrogens with one attached hydrogen (secondary N) is 1. The van der Waals surface area contributed by atoms with Crippen molar-refractivity contribution in [2.75, 3.05) is 39.9 Å². The lowest BCUT2D eigenvalue weighted by molar-refractivity contribution is -0.123. The Labute approximate surface area is 173 Å². The molecule has 0 aliphatic carbocycles. The number of hydrogen-bond donors (Lipinski definition) is 1. The predicted octanol–water partition coefficient (Wildman–Crippen LogP) is 2.67. The molecule has 9 heteroatoms. The summed E-state index contributed by atoms with van der Waals surface area (Å²) in [5.41, 5.74) is 0.602. The van der Waals surface area contributed by atoms with Crippen LogP contribution < -0.4 is 29.0 Å². The van der Waals surface area contributed by atoms with Crippen LogP contribution in [0.25, 0.3) is 0 Å². The van der Waals surface area contributed by atoms with Gasteiger partial charge in [0.2, 0.25) is 5.75 Å². The van der Waals surface area contributed by atoms with Crippen LogP contribution in [0.4, 0.5) is 5.69 Å². The number of fused-ring (bicyclic) bond motifs is 1. The van der Waals surface area contributed by atoms with Crippen molar-refractivity contribution in [2.24, 2.45) is 0 Å². The minimum Gasteiger partial charge on any atom is -0.493 e. The minimum atomic E-state index is -1.07. The molecule has 1 aliphatic heterocycles. The highest BCUT2D eigenvalue weighted by Gasteiger charge is 2.25. The Kier molecular flexibility index (Phi) is 6.51. The molecule has 0 saturated carbocycles. The van der Waals surface area contributed by atoms with E-state index in [9.17, 15) is 9.59 Å². The summed E-state index contributed by atoms with van der Waals surface area (Å²) in [6, 6.07) is 8.07. The van der Waals surface area contributed by atoms with Gasteiger partial charge in [-0.15, -0.1) is 0 Å². The molecule has 0 aromatic heterocycles. The topological polar surface area (TPSA) is 102 Å². The van der Waals surface area contributed by atoms with E-state index in [0.29, 0.717) is 36.1 Å². The number of anilines is 1. The molecule has 1 aliphatic rings. The summed E-state index contributed by atoms with van der Waals surface area (Å²) >= 11 is 0. The fraction of sp³-hybridized carbons (Fsp3) is 0.333. The van der Waals surface area contributed by atoms with Crippen molar-refractivity contribution in [3.63, 3.8) is 0 Å². The lowest BCUT2D eigenvalue weighted by Crippen LogP contribution is -2.30. The molecule has 0 radical (unpaired) electrons. The predicted molar refractivity (Wildman–Crippen MR) is 107 cm³/mol. The fourth-order valence-corrected chi connectivity index (χ4v) is 2.90. The van der Waals surface area contributed by atoms with Crippen LogP contribution in [-0.2, 0) is 9.53 Å². The van der Waals surface area contributed by atoms with Crippen molar-refractivity contribution >= 4 is 17.6 Å². The van der Waals surface area contributed by atoms with Gasteiger partial charge in [-0.3, -0.25) is 4.79 Å². The van der Waals surface area contributed by atoms with E-state index in [1.165, 1.54) is 34.3 Å². The van der Waals surface area contributed by atoms with Crippen LogP contribution in [0.2, 0.25) is 0 Å². The molecular weight excluding hydrogens is 394 g/mol. The van der Waals surface area contributed by atoms with Crippen LogP contribution in [0.3, 0.4) is 0 Å². The van der Waals surface area contributed by atoms with Crippen molar-refractivity contribution in [1.82, 2.24) is 0 Å². The first-order valence-electron chi connectivity index (χ1n) is 9.19. The molecule has 0 unspecified atom stereocenters. The van der Waals surface area contributed by atoms with Gasteiger partial charge in [0, 0.05) is 11.8 Å². The quantitative estimate of drug-likeness (QED) is 0.686. The van der Waals surface area contributed by atoms with Crippen LogP contribution in [0, 0.1) is 0 Å². The Balaban J connectivity index is 1.70. The highest BCUT2D eigenvalue weighted by atomic mass is 16.6. The van der Waals surface area contributed by atoms with E-state index in [2.05, 4.69) is 5.32 Å². The fourth-order valence-electron chi connectivity index (χ4n) is 2.90. The van der Waals surface area contributed by atoms with Gasteiger partial charge < -0.3 is 33.7 Å². The molecule has 2 aromatic rings. The van der Waals surface area contributed by atoms with Crippen LogP contribution in [0.15, 0.2) is 30.3 Å². The largest absolute Gasteiger partial charge is 0.493 e.